The van der Waals surface area contributed by atoms with Gasteiger partial charge in [-0.2, -0.15) is 10.7 Å². The van der Waals surface area contributed by atoms with E-state index < -0.39 is 0 Å². The van der Waals surface area contributed by atoms with Crippen LogP contribution in [0.2, 0.25) is 0 Å². The number of nitrogens with zero attached hydrogens (tertiary/aromatic N) is 2. The van der Waals surface area contributed by atoms with Crippen molar-refractivity contribution < 1.29 is 0 Å². The van der Waals surface area contributed by atoms with E-state index in [9.17, 15) is 0 Å². The van der Waals surface area contributed by atoms with Gasteiger partial charge in [0.05, 0.1) is 5.69 Å². The van der Waals surface area contributed by atoms with E-state index in [2.05, 4.69) is 11.0 Å². The minimum absolute atomic E-state index is 1.04. The Hall–Kier alpha value is -1.10. The van der Waals surface area contributed by atoms with Crippen LogP contribution in [0.3, 0.4) is 0 Å². The highest BCUT2D eigenvalue weighted by atomic mass is 15.9. The first-order chi connectivity index (χ1) is 6.20. The van der Waals surface area contributed by atoms with Crippen molar-refractivity contribution in [2.45, 2.75) is 0 Å². The zero-order valence-corrected chi connectivity index (χ0v) is 8.28. The molecule has 0 fully saturated rings. The topological polar surface area (TPSA) is 30.5 Å². The van der Waals surface area contributed by atoms with Gasteiger partial charge in [-0.25, -0.2) is 5.01 Å². The maximum atomic E-state index is 3.06. The number of hydrogen-bond donors (Lipinski definition) is 2. The van der Waals surface area contributed by atoms with E-state index in [1.165, 1.54) is 0 Å². The molecule has 0 atom stereocenters. The van der Waals surface area contributed by atoms with Crippen molar-refractivity contribution in [1.29, 1.82) is 0 Å². The molecule has 0 radical (unpaired) electrons. The first kappa shape index (κ1) is 9.98. The third-order valence-corrected chi connectivity index (χ3v) is 1.74. The van der Waals surface area contributed by atoms with Crippen molar-refractivity contribution in [3.05, 3.63) is 30.3 Å². The van der Waals surface area contributed by atoms with E-state index in [0.717, 1.165) is 5.69 Å². The molecule has 1 aromatic rings. The molecule has 0 aliphatic heterocycles. The predicted molar refractivity (Wildman–Crippen MR) is 54.7 cm³/mol. The summed E-state index contributed by atoms with van der Waals surface area (Å²) >= 11 is 0. The van der Waals surface area contributed by atoms with Crippen molar-refractivity contribution >= 4 is 5.69 Å². The van der Waals surface area contributed by atoms with Gasteiger partial charge in [0.15, 0.2) is 0 Å². The van der Waals surface area contributed by atoms with Crippen LogP contribution in [-0.4, -0.2) is 31.3 Å². The van der Waals surface area contributed by atoms with Crippen LogP contribution in [0.15, 0.2) is 30.3 Å². The minimum Gasteiger partial charge on any atom is -0.307 e. The number of hydrogen-bond acceptors (Lipinski definition) is 4. The first-order valence-electron chi connectivity index (χ1n) is 4.18. The molecule has 0 heterocycles. The Morgan fingerprint density at radius 3 is 2.15 bits per heavy atom. The maximum Gasteiger partial charge on any atom is 0.0501 e. The van der Waals surface area contributed by atoms with E-state index in [-0.39, 0.29) is 0 Å². The van der Waals surface area contributed by atoms with Gasteiger partial charge < -0.3 is 5.43 Å². The SMILES string of the molecule is CN(C)N(C)NNc1ccccc1. The molecule has 0 amide bonds. The summed E-state index contributed by atoms with van der Waals surface area (Å²) in [7, 11) is 5.84. The largest absolute Gasteiger partial charge is 0.307 e. The minimum atomic E-state index is 1.04. The van der Waals surface area contributed by atoms with Gasteiger partial charge in [0, 0.05) is 21.1 Å². The Morgan fingerprint density at radius 1 is 1.00 bits per heavy atom. The monoisotopic (exact) mass is 180 g/mol. The van der Waals surface area contributed by atoms with Crippen LogP contribution < -0.4 is 11.0 Å². The first-order valence-corrected chi connectivity index (χ1v) is 4.18. The van der Waals surface area contributed by atoms with Gasteiger partial charge in [0.2, 0.25) is 0 Å². The van der Waals surface area contributed by atoms with Crippen molar-refractivity contribution in [1.82, 2.24) is 15.7 Å². The maximum absolute atomic E-state index is 3.06. The molecule has 0 spiro atoms. The summed E-state index contributed by atoms with van der Waals surface area (Å²) in [6.45, 7) is 0. The second kappa shape index (κ2) is 4.81. The summed E-state index contributed by atoms with van der Waals surface area (Å²) in [4.78, 5) is 0. The Kier molecular flexibility index (Phi) is 3.70. The molecule has 0 unspecified atom stereocenters. The summed E-state index contributed by atoms with van der Waals surface area (Å²) < 4.78 is 0. The van der Waals surface area contributed by atoms with Crippen molar-refractivity contribution in [3.8, 4) is 0 Å². The van der Waals surface area contributed by atoms with Crippen LogP contribution in [-0.2, 0) is 0 Å². The van der Waals surface area contributed by atoms with Crippen molar-refractivity contribution in [2.75, 3.05) is 26.6 Å². The van der Waals surface area contributed by atoms with Gasteiger partial charge in [-0.05, 0) is 12.1 Å². The molecule has 72 valence electrons. The third-order valence-electron chi connectivity index (χ3n) is 1.74. The van der Waals surface area contributed by atoms with Crippen LogP contribution in [0.1, 0.15) is 0 Å². The molecule has 0 saturated heterocycles. The zero-order chi connectivity index (χ0) is 9.68. The standard InChI is InChI=1S/C9H16N4/c1-12(2)13(3)11-10-9-7-5-4-6-8-9/h4-8,10-11H,1-3H3. The van der Waals surface area contributed by atoms with Gasteiger partial charge in [0.25, 0.3) is 0 Å². The molecule has 13 heavy (non-hydrogen) atoms. The number of para-hydroxylation sites is 1. The van der Waals surface area contributed by atoms with E-state index in [1.54, 1.807) is 0 Å². The van der Waals surface area contributed by atoms with Crippen LogP contribution in [0.5, 0.6) is 0 Å². The van der Waals surface area contributed by atoms with Gasteiger partial charge in [-0.1, -0.05) is 18.2 Å². The number of anilines is 1. The highest BCUT2D eigenvalue weighted by molar-refractivity contribution is 5.40. The summed E-state index contributed by atoms with van der Waals surface area (Å²) in [5.41, 5.74) is 7.11. The lowest BCUT2D eigenvalue weighted by Crippen LogP contribution is -2.46. The fraction of sp³-hybridized carbons (Fsp3) is 0.333. The molecule has 0 bridgehead atoms. The van der Waals surface area contributed by atoms with Gasteiger partial charge in [-0.15, -0.1) is 0 Å². The van der Waals surface area contributed by atoms with Crippen LogP contribution in [0.4, 0.5) is 5.69 Å². The van der Waals surface area contributed by atoms with Crippen LogP contribution in [0, 0.1) is 0 Å². The molecule has 0 aliphatic rings. The van der Waals surface area contributed by atoms with E-state index in [1.807, 2.05) is 61.6 Å². The predicted octanol–water partition coefficient (Wildman–Crippen LogP) is 0.926. The summed E-state index contributed by atoms with van der Waals surface area (Å²) in [5.74, 6) is 0. The van der Waals surface area contributed by atoms with Gasteiger partial charge in [0.1, 0.15) is 0 Å². The molecular weight excluding hydrogens is 164 g/mol. The molecular formula is C9H16N4. The normalized spacial score (nSPS) is 10.8. The third kappa shape index (κ3) is 3.42. The lowest BCUT2D eigenvalue weighted by atomic mass is 10.3. The summed E-state index contributed by atoms with van der Waals surface area (Å²) in [6, 6.07) is 9.95. The molecule has 4 nitrogen and oxygen atoms in total. The molecule has 0 saturated carbocycles. The fourth-order valence-corrected chi connectivity index (χ4v) is 0.767. The van der Waals surface area contributed by atoms with Crippen LogP contribution in [0.25, 0.3) is 0 Å². The molecule has 0 aromatic heterocycles. The number of benzene rings is 1. The van der Waals surface area contributed by atoms with Crippen molar-refractivity contribution in [2.24, 2.45) is 0 Å². The highest BCUT2D eigenvalue weighted by Crippen LogP contribution is 2.02. The highest BCUT2D eigenvalue weighted by Gasteiger charge is 1.96. The van der Waals surface area contributed by atoms with E-state index in [0.29, 0.717) is 0 Å². The molecule has 1 rings (SSSR count). The van der Waals surface area contributed by atoms with Crippen molar-refractivity contribution in [3.63, 3.8) is 0 Å². The number of rotatable bonds is 4. The summed E-state index contributed by atoms with van der Waals surface area (Å²) in [6.07, 6.45) is 0. The molecule has 4 heteroatoms. The van der Waals surface area contributed by atoms with E-state index in [4.69, 9.17) is 0 Å². The Morgan fingerprint density at radius 2 is 1.62 bits per heavy atom. The Bertz CT molecular complexity index is 235. The quantitative estimate of drug-likeness (QED) is 0.675. The molecule has 1 aromatic carbocycles. The average Bonchev–Trinajstić information content (AvgIpc) is 2.15. The molecule has 2 N–H and O–H groups in total. The Labute approximate surface area is 79.1 Å². The molecule has 0 aliphatic carbocycles. The lowest BCUT2D eigenvalue weighted by Gasteiger charge is -2.25. The second-order valence-corrected chi connectivity index (χ2v) is 2.97. The summed E-state index contributed by atoms with van der Waals surface area (Å²) in [5, 5.41) is 3.77. The average molecular weight is 180 g/mol. The zero-order valence-electron chi connectivity index (χ0n) is 8.28. The Balaban J connectivity index is 2.35. The van der Waals surface area contributed by atoms with Gasteiger partial charge >= 0.3 is 0 Å². The number of hydrazine groups is 3. The smallest absolute Gasteiger partial charge is 0.0501 e. The second-order valence-electron chi connectivity index (χ2n) is 2.97. The fourth-order valence-electron chi connectivity index (χ4n) is 0.767. The van der Waals surface area contributed by atoms with Crippen LogP contribution >= 0.6 is 0 Å². The van der Waals surface area contributed by atoms with E-state index >= 15 is 0 Å². The van der Waals surface area contributed by atoms with Gasteiger partial charge in [-0.3, -0.25) is 0 Å². The lowest BCUT2D eigenvalue weighted by molar-refractivity contribution is 0.0102. The number of nitrogens with one attached hydrogen (secondary N) is 2.